The van der Waals surface area contributed by atoms with Crippen LogP contribution in [0.4, 0.5) is 5.82 Å². The number of aromatic nitrogens is 3. The third-order valence-corrected chi connectivity index (χ3v) is 3.70. The molecule has 0 saturated heterocycles. The van der Waals surface area contributed by atoms with Gasteiger partial charge in [-0.3, -0.25) is 4.98 Å². The summed E-state index contributed by atoms with van der Waals surface area (Å²) in [6, 6.07) is 18.3. The van der Waals surface area contributed by atoms with Crippen LogP contribution < -0.4 is 5.32 Å². The number of hydrogen-bond acceptors (Lipinski definition) is 4. The van der Waals surface area contributed by atoms with Crippen LogP contribution in [0.3, 0.4) is 0 Å². The van der Waals surface area contributed by atoms with Gasteiger partial charge in [0, 0.05) is 24.0 Å². The minimum Gasteiger partial charge on any atom is -0.363 e. The molecule has 0 spiro atoms. The number of pyridine rings is 1. The van der Waals surface area contributed by atoms with Crippen molar-refractivity contribution in [2.75, 3.05) is 5.32 Å². The van der Waals surface area contributed by atoms with Gasteiger partial charge in [-0.25, -0.2) is 9.97 Å². The van der Waals surface area contributed by atoms with E-state index in [4.69, 9.17) is 0 Å². The lowest BCUT2D eigenvalue weighted by molar-refractivity contribution is 0.867. The molecule has 4 heteroatoms. The predicted molar refractivity (Wildman–Crippen MR) is 93.1 cm³/mol. The zero-order valence-electron chi connectivity index (χ0n) is 13.4. The molecule has 0 amide bonds. The van der Waals surface area contributed by atoms with Crippen molar-refractivity contribution in [2.45, 2.75) is 26.3 Å². The number of hydrogen-bond donors (Lipinski definition) is 1. The molecule has 0 saturated carbocycles. The smallest absolute Gasteiger partial charge is 0.180 e. The van der Waals surface area contributed by atoms with Gasteiger partial charge in [-0.05, 0) is 31.0 Å². The Morgan fingerprint density at radius 3 is 2.48 bits per heavy atom. The molecule has 0 unspecified atom stereocenters. The fourth-order valence-corrected chi connectivity index (χ4v) is 2.41. The van der Waals surface area contributed by atoms with Crippen molar-refractivity contribution in [1.82, 2.24) is 15.0 Å². The number of anilines is 1. The van der Waals surface area contributed by atoms with Crippen LogP contribution in [0, 0.1) is 0 Å². The van der Waals surface area contributed by atoms with E-state index in [1.54, 1.807) is 6.20 Å². The molecule has 2 aromatic heterocycles. The Kier molecular flexibility index (Phi) is 4.62. The maximum absolute atomic E-state index is 4.63. The molecule has 1 atom stereocenters. The van der Waals surface area contributed by atoms with Crippen molar-refractivity contribution in [3.63, 3.8) is 0 Å². The SMILES string of the molecule is CCc1cc(N[C@@H](C)c2ccccc2)nc(-c2ccccn2)n1. The molecule has 116 valence electrons. The van der Waals surface area contributed by atoms with Crippen LogP contribution in [0.25, 0.3) is 11.5 Å². The van der Waals surface area contributed by atoms with E-state index < -0.39 is 0 Å². The maximum Gasteiger partial charge on any atom is 0.180 e. The van der Waals surface area contributed by atoms with E-state index in [0.717, 1.165) is 23.6 Å². The fourth-order valence-electron chi connectivity index (χ4n) is 2.41. The van der Waals surface area contributed by atoms with E-state index in [-0.39, 0.29) is 6.04 Å². The topological polar surface area (TPSA) is 50.7 Å². The largest absolute Gasteiger partial charge is 0.363 e. The van der Waals surface area contributed by atoms with Gasteiger partial charge in [-0.1, -0.05) is 43.3 Å². The Balaban J connectivity index is 1.90. The Morgan fingerprint density at radius 2 is 1.78 bits per heavy atom. The van der Waals surface area contributed by atoms with Crippen LogP contribution in [0.1, 0.15) is 31.1 Å². The standard InChI is InChI=1S/C19H20N4/c1-3-16-13-18(21-14(2)15-9-5-4-6-10-15)23-19(22-16)17-11-7-8-12-20-17/h4-14H,3H2,1-2H3,(H,21,22,23)/t14-/m0/s1. The first-order chi connectivity index (χ1) is 11.3. The number of nitrogens with zero attached hydrogens (tertiary/aromatic N) is 3. The molecule has 0 aliphatic heterocycles. The summed E-state index contributed by atoms with van der Waals surface area (Å²) in [5, 5.41) is 3.46. The molecule has 0 aliphatic rings. The zero-order valence-corrected chi connectivity index (χ0v) is 13.4. The van der Waals surface area contributed by atoms with Crippen LogP contribution in [0.15, 0.2) is 60.8 Å². The zero-order chi connectivity index (χ0) is 16.1. The van der Waals surface area contributed by atoms with Crippen molar-refractivity contribution >= 4 is 5.82 Å². The molecule has 4 nitrogen and oxygen atoms in total. The van der Waals surface area contributed by atoms with Crippen molar-refractivity contribution in [1.29, 1.82) is 0 Å². The lowest BCUT2D eigenvalue weighted by Crippen LogP contribution is -2.09. The first-order valence-corrected chi connectivity index (χ1v) is 7.87. The third kappa shape index (κ3) is 3.72. The van der Waals surface area contributed by atoms with Crippen LogP contribution in [0.2, 0.25) is 0 Å². The summed E-state index contributed by atoms with van der Waals surface area (Å²) in [6.07, 6.45) is 2.62. The van der Waals surface area contributed by atoms with Crippen molar-refractivity contribution in [3.8, 4) is 11.5 Å². The van der Waals surface area contributed by atoms with Gasteiger partial charge in [0.1, 0.15) is 11.5 Å². The van der Waals surface area contributed by atoms with Crippen LogP contribution >= 0.6 is 0 Å². The summed E-state index contributed by atoms with van der Waals surface area (Å²) in [7, 11) is 0. The summed E-state index contributed by atoms with van der Waals surface area (Å²) in [6.45, 7) is 4.22. The molecular formula is C19H20N4. The van der Waals surface area contributed by atoms with E-state index in [0.29, 0.717) is 5.82 Å². The highest BCUT2D eigenvalue weighted by Crippen LogP contribution is 2.21. The first-order valence-electron chi connectivity index (χ1n) is 7.87. The van der Waals surface area contributed by atoms with E-state index in [1.165, 1.54) is 5.56 Å². The van der Waals surface area contributed by atoms with Gasteiger partial charge in [0.25, 0.3) is 0 Å². The fraction of sp³-hybridized carbons (Fsp3) is 0.211. The normalized spacial score (nSPS) is 11.9. The Morgan fingerprint density at radius 1 is 1.00 bits per heavy atom. The molecule has 0 aliphatic carbocycles. The Bertz CT molecular complexity index is 757. The number of aryl methyl sites for hydroxylation is 1. The van der Waals surface area contributed by atoms with Gasteiger partial charge < -0.3 is 5.32 Å². The molecule has 0 fully saturated rings. The second kappa shape index (κ2) is 7.01. The molecule has 23 heavy (non-hydrogen) atoms. The third-order valence-electron chi connectivity index (χ3n) is 3.70. The molecular weight excluding hydrogens is 284 g/mol. The summed E-state index contributed by atoms with van der Waals surface area (Å²) < 4.78 is 0. The van der Waals surface area contributed by atoms with Gasteiger partial charge in [0.15, 0.2) is 5.82 Å². The van der Waals surface area contributed by atoms with Gasteiger partial charge in [0.2, 0.25) is 0 Å². The Labute approximate surface area is 136 Å². The summed E-state index contributed by atoms with van der Waals surface area (Å²) >= 11 is 0. The van der Waals surface area contributed by atoms with Gasteiger partial charge in [0.05, 0.1) is 0 Å². The average molecular weight is 304 g/mol. The molecule has 1 aromatic carbocycles. The lowest BCUT2D eigenvalue weighted by Gasteiger charge is -2.16. The summed E-state index contributed by atoms with van der Waals surface area (Å²) in [5.74, 6) is 1.49. The van der Waals surface area contributed by atoms with Gasteiger partial charge >= 0.3 is 0 Å². The van der Waals surface area contributed by atoms with E-state index in [2.05, 4.69) is 46.2 Å². The van der Waals surface area contributed by atoms with Gasteiger partial charge in [-0.15, -0.1) is 0 Å². The van der Waals surface area contributed by atoms with Crippen molar-refractivity contribution in [2.24, 2.45) is 0 Å². The van der Waals surface area contributed by atoms with Crippen LogP contribution in [-0.2, 0) is 6.42 Å². The maximum atomic E-state index is 4.63. The number of nitrogens with one attached hydrogen (secondary N) is 1. The summed E-state index contributed by atoms with van der Waals surface area (Å²) in [4.78, 5) is 13.6. The van der Waals surface area contributed by atoms with E-state index in [9.17, 15) is 0 Å². The molecule has 0 radical (unpaired) electrons. The quantitative estimate of drug-likeness (QED) is 0.764. The van der Waals surface area contributed by atoms with Gasteiger partial charge in [-0.2, -0.15) is 0 Å². The van der Waals surface area contributed by atoms with Crippen molar-refractivity contribution in [3.05, 3.63) is 72.1 Å². The lowest BCUT2D eigenvalue weighted by atomic mass is 10.1. The monoisotopic (exact) mass is 304 g/mol. The second-order valence-electron chi connectivity index (χ2n) is 5.41. The highest BCUT2D eigenvalue weighted by molar-refractivity contribution is 5.53. The second-order valence-corrected chi connectivity index (χ2v) is 5.41. The molecule has 3 aromatic rings. The van der Waals surface area contributed by atoms with Crippen molar-refractivity contribution < 1.29 is 0 Å². The highest BCUT2D eigenvalue weighted by Gasteiger charge is 2.10. The summed E-state index contributed by atoms with van der Waals surface area (Å²) in [5.41, 5.74) is 3.02. The van der Waals surface area contributed by atoms with Crippen LogP contribution in [-0.4, -0.2) is 15.0 Å². The molecule has 3 rings (SSSR count). The predicted octanol–water partition coefficient (Wildman–Crippen LogP) is 4.27. The molecule has 1 N–H and O–H groups in total. The highest BCUT2D eigenvalue weighted by atomic mass is 15.1. The number of benzene rings is 1. The molecule has 2 heterocycles. The minimum absolute atomic E-state index is 0.174. The minimum atomic E-state index is 0.174. The number of rotatable bonds is 5. The van der Waals surface area contributed by atoms with E-state index in [1.807, 2.05) is 42.5 Å². The first kappa shape index (κ1) is 15.2. The Hall–Kier alpha value is -2.75. The van der Waals surface area contributed by atoms with E-state index >= 15 is 0 Å². The van der Waals surface area contributed by atoms with Crippen LogP contribution in [0.5, 0.6) is 0 Å². The molecule has 0 bridgehead atoms. The average Bonchev–Trinajstić information content (AvgIpc) is 2.63.